The molecule has 104 valence electrons. The zero-order valence-electron chi connectivity index (χ0n) is 11.9. The van der Waals surface area contributed by atoms with Crippen molar-refractivity contribution in [1.29, 1.82) is 10.5 Å². The van der Waals surface area contributed by atoms with Gasteiger partial charge in [0.1, 0.15) is 12.1 Å². The van der Waals surface area contributed by atoms with Gasteiger partial charge in [-0.25, -0.2) is 0 Å². The summed E-state index contributed by atoms with van der Waals surface area (Å²) >= 11 is 0. The number of rotatable bonds is 4. The first kappa shape index (κ1) is 14.4. The largest absolute Gasteiger partial charge is 0.385 e. The Balaban J connectivity index is 1.88. The smallest absolute Gasteiger partial charge is 0.101 e. The monoisotopic (exact) mass is 268 g/mol. The summed E-state index contributed by atoms with van der Waals surface area (Å²) in [6.45, 7) is 2.09. The molecule has 1 aliphatic heterocycles. The summed E-state index contributed by atoms with van der Waals surface area (Å²) in [7, 11) is 2.19. The number of hydrogen-bond acceptors (Lipinski definition) is 4. The molecule has 0 aliphatic carbocycles. The van der Waals surface area contributed by atoms with Gasteiger partial charge >= 0.3 is 0 Å². The van der Waals surface area contributed by atoms with Crippen LogP contribution >= 0.6 is 0 Å². The molecule has 0 spiro atoms. The van der Waals surface area contributed by atoms with E-state index in [-0.39, 0.29) is 0 Å². The van der Waals surface area contributed by atoms with Crippen LogP contribution in [0, 0.1) is 22.7 Å². The number of nitrogens with zero attached hydrogens (tertiary/aromatic N) is 3. The van der Waals surface area contributed by atoms with Crippen LogP contribution in [0.1, 0.15) is 36.8 Å². The average Bonchev–Trinajstić information content (AvgIpc) is 2.49. The highest BCUT2D eigenvalue weighted by molar-refractivity contribution is 5.56. The third-order valence-corrected chi connectivity index (χ3v) is 3.99. The van der Waals surface area contributed by atoms with Crippen molar-refractivity contribution in [3.63, 3.8) is 0 Å². The van der Waals surface area contributed by atoms with Gasteiger partial charge in [-0.3, -0.25) is 0 Å². The zero-order chi connectivity index (χ0) is 14.4. The van der Waals surface area contributed by atoms with E-state index in [4.69, 9.17) is 10.5 Å². The molecule has 1 fully saturated rings. The number of hydrogen-bond donors (Lipinski definition) is 1. The van der Waals surface area contributed by atoms with Crippen molar-refractivity contribution in [2.75, 3.05) is 25.5 Å². The lowest BCUT2D eigenvalue weighted by Crippen LogP contribution is -2.37. The number of anilines is 1. The average molecular weight is 268 g/mol. The van der Waals surface area contributed by atoms with Gasteiger partial charge in [-0.1, -0.05) is 6.42 Å². The Hall–Kier alpha value is -2.04. The van der Waals surface area contributed by atoms with E-state index < -0.39 is 0 Å². The standard InChI is InChI=1S/C16H20N4/c1-20-9-3-2-4-16(20)7-8-19-15-6-5-13(11-17)14(10-15)12-18/h5-6,10,16,19H,2-4,7-9H2,1H3. The first-order chi connectivity index (χ1) is 9.74. The van der Waals surface area contributed by atoms with E-state index in [0.717, 1.165) is 18.7 Å². The second kappa shape index (κ2) is 6.93. The molecule has 2 rings (SSSR count). The molecular formula is C16H20N4. The highest BCUT2D eigenvalue weighted by Crippen LogP contribution is 2.19. The maximum atomic E-state index is 9.00. The lowest BCUT2D eigenvalue weighted by atomic mass is 10.00. The van der Waals surface area contributed by atoms with Crippen molar-refractivity contribution >= 4 is 5.69 Å². The Morgan fingerprint density at radius 2 is 2.05 bits per heavy atom. The van der Waals surface area contributed by atoms with Crippen molar-refractivity contribution in [2.24, 2.45) is 0 Å². The van der Waals surface area contributed by atoms with E-state index in [2.05, 4.69) is 23.3 Å². The van der Waals surface area contributed by atoms with Gasteiger partial charge < -0.3 is 10.2 Å². The van der Waals surface area contributed by atoms with E-state index in [1.54, 1.807) is 12.1 Å². The van der Waals surface area contributed by atoms with Gasteiger partial charge in [-0.15, -0.1) is 0 Å². The molecule has 4 heteroatoms. The van der Waals surface area contributed by atoms with Crippen molar-refractivity contribution in [2.45, 2.75) is 31.7 Å². The molecule has 1 aliphatic rings. The van der Waals surface area contributed by atoms with Crippen LogP contribution in [-0.4, -0.2) is 31.1 Å². The van der Waals surface area contributed by atoms with E-state index >= 15 is 0 Å². The predicted molar refractivity (Wildman–Crippen MR) is 79.2 cm³/mol. The lowest BCUT2D eigenvalue weighted by Gasteiger charge is -2.32. The fraction of sp³-hybridized carbons (Fsp3) is 0.500. The molecule has 0 bridgehead atoms. The number of nitriles is 2. The highest BCUT2D eigenvalue weighted by atomic mass is 15.1. The number of likely N-dealkylation sites (tertiary alicyclic amines) is 1. The molecule has 1 heterocycles. The van der Waals surface area contributed by atoms with Crippen LogP contribution in [0.2, 0.25) is 0 Å². The third-order valence-electron chi connectivity index (χ3n) is 3.99. The summed E-state index contributed by atoms with van der Waals surface area (Å²) in [4.78, 5) is 2.44. The quantitative estimate of drug-likeness (QED) is 0.912. The fourth-order valence-corrected chi connectivity index (χ4v) is 2.74. The number of benzene rings is 1. The number of nitrogens with one attached hydrogen (secondary N) is 1. The molecule has 0 amide bonds. The van der Waals surface area contributed by atoms with E-state index in [1.807, 2.05) is 12.1 Å². The zero-order valence-corrected chi connectivity index (χ0v) is 11.9. The molecule has 1 atom stereocenters. The Labute approximate surface area is 120 Å². The molecule has 20 heavy (non-hydrogen) atoms. The molecule has 1 aromatic rings. The molecule has 0 aromatic heterocycles. The highest BCUT2D eigenvalue weighted by Gasteiger charge is 2.17. The summed E-state index contributed by atoms with van der Waals surface area (Å²) in [5.74, 6) is 0. The second-order valence-electron chi connectivity index (χ2n) is 5.33. The molecule has 0 radical (unpaired) electrons. The summed E-state index contributed by atoms with van der Waals surface area (Å²) in [6.07, 6.45) is 5.01. The fourth-order valence-electron chi connectivity index (χ4n) is 2.74. The molecule has 1 unspecified atom stereocenters. The SMILES string of the molecule is CN1CCCCC1CCNc1ccc(C#N)c(C#N)c1. The normalized spacial score (nSPS) is 19.1. The van der Waals surface area contributed by atoms with Gasteiger partial charge in [0.25, 0.3) is 0 Å². The summed E-state index contributed by atoms with van der Waals surface area (Å²) in [6, 6.07) is 10.1. The van der Waals surface area contributed by atoms with Gasteiger partial charge in [0.2, 0.25) is 0 Å². The molecule has 1 saturated heterocycles. The van der Waals surface area contributed by atoms with Crippen LogP contribution in [0.3, 0.4) is 0 Å². The van der Waals surface area contributed by atoms with Gasteiger partial charge in [-0.2, -0.15) is 10.5 Å². The maximum Gasteiger partial charge on any atom is 0.101 e. The molecule has 1 N–H and O–H groups in total. The summed E-state index contributed by atoms with van der Waals surface area (Å²) in [5.41, 5.74) is 1.79. The topological polar surface area (TPSA) is 62.9 Å². The lowest BCUT2D eigenvalue weighted by molar-refractivity contribution is 0.179. The van der Waals surface area contributed by atoms with Gasteiger partial charge in [0, 0.05) is 18.3 Å². The van der Waals surface area contributed by atoms with Crippen molar-refractivity contribution < 1.29 is 0 Å². The third kappa shape index (κ3) is 3.50. The number of piperidine rings is 1. The Bertz CT molecular complexity index is 538. The van der Waals surface area contributed by atoms with Crippen LogP contribution in [0.25, 0.3) is 0 Å². The van der Waals surface area contributed by atoms with Crippen molar-refractivity contribution in [1.82, 2.24) is 4.90 Å². The first-order valence-corrected chi connectivity index (χ1v) is 7.13. The second-order valence-corrected chi connectivity index (χ2v) is 5.33. The van der Waals surface area contributed by atoms with Crippen LogP contribution in [0.15, 0.2) is 18.2 Å². The van der Waals surface area contributed by atoms with Gasteiger partial charge in [0.15, 0.2) is 0 Å². The van der Waals surface area contributed by atoms with Crippen molar-refractivity contribution in [3.8, 4) is 12.1 Å². The van der Waals surface area contributed by atoms with Crippen molar-refractivity contribution in [3.05, 3.63) is 29.3 Å². The summed E-state index contributed by atoms with van der Waals surface area (Å²) < 4.78 is 0. The predicted octanol–water partition coefficient (Wildman–Crippen LogP) is 2.72. The van der Waals surface area contributed by atoms with Crippen LogP contribution in [0.4, 0.5) is 5.69 Å². The van der Waals surface area contributed by atoms with E-state index in [9.17, 15) is 0 Å². The minimum Gasteiger partial charge on any atom is -0.385 e. The Morgan fingerprint density at radius 1 is 1.25 bits per heavy atom. The Kier molecular flexibility index (Phi) is 4.98. The maximum absolute atomic E-state index is 9.00. The van der Waals surface area contributed by atoms with Crippen LogP contribution < -0.4 is 5.32 Å². The van der Waals surface area contributed by atoms with Gasteiger partial charge in [-0.05, 0) is 51.1 Å². The summed E-state index contributed by atoms with van der Waals surface area (Å²) in [5, 5.41) is 21.2. The van der Waals surface area contributed by atoms with Crippen LogP contribution in [0.5, 0.6) is 0 Å². The molecule has 1 aromatic carbocycles. The van der Waals surface area contributed by atoms with E-state index in [1.165, 1.54) is 25.8 Å². The molecule has 0 saturated carbocycles. The minimum atomic E-state index is 0.435. The minimum absolute atomic E-state index is 0.435. The van der Waals surface area contributed by atoms with E-state index in [0.29, 0.717) is 17.2 Å². The first-order valence-electron chi connectivity index (χ1n) is 7.13. The van der Waals surface area contributed by atoms with Gasteiger partial charge in [0.05, 0.1) is 11.1 Å². The van der Waals surface area contributed by atoms with Crippen LogP contribution in [-0.2, 0) is 0 Å². The molecular weight excluding hydrogens is 248 g/mol. The Morgan fingerprint density at radius 3 is 2.75 bits per heavy atom. The molecule has 4 nitrogen and oxygen atoms in total.